The molecule has 3 heterocycles. The Bertz CT molecular complexity index is 1530. The van der Waals surface area contributed by atoms with Gasteiger partial charge in [-0.3, -0.25) is 9.59 Å². The maximum Gasteiger partial charge on any atom is 0.307 e. The number of carboxylic acid groups (broad SMARTS) is 1. The fourth-order valence-corrected chi connectivity index (χ4v) is 5.14. The number of pyridine rings is 2. The molecule has 3 aromatic heterocycles. The average Bonchev–Trinajstić information content (AvgIpc) is 3.21. The van der Waals surface area contributed by atoms with Crippen molar-refractivity contribution in [1.29, 1.82) is 0 Å². The van der Waals surface area contributed by atoms with Crippen molar-refractivity contribution in [2.24, 2.45) is 0 Å². The highest BCUT2D eigenvalue weighted by Gasteiger charge is 2.22. The van der Waals surface area contributed by atoms with Crippen LogP contribution in [0.15, 0.2) is 47.4 Å². The second kappa shape index (κ2) is 10.9. The van der Waals surface area contributed by atoms with Crippen molar-refractivity contribution in [3.8, 4) is 22.6 Å². The molecule has 0 spiro atoms. The molecule has 0 saturated heterocycles. The number of carbonyl (C=O) groups is 1. The number of aryl methyl sites for hydroxylation is 2. The van der Waals surface area contributed by atoms with Crippen molar-refractivity contribution < 1.29 is 14.6 Å². The Morgan fingerprint density at radius 2 is 1.82 bits per heavy atom. The first-order chi connectivity index (χ1) is 18.0. The minimum atomic E-state index is -1.22. The van der Waals surface area contributed by atoms with Crippen LogP contribution in [0.1, 0.15) is 18.2 Å². The SMILES string of the molecule is CCn1c(N)c(-c2nc(C)cn2COCC[Si](C)(C)C)c(=O)c2ccc(-c3ccc(CC(=O)O)cc3)nc21. The summed E-state index contributed by atoms with van der Waals surface area (Å²) in [6.07, 6.45) is 1.83. The first-order valence-electron chi connectivity index (χ1n) is 12.7. The Morgan fingerprint density at radius 3 is 2.45 bits per heavy atom. The number of ether oxygens (including phenoxy) is 1. The maximum absolute atomic E-state index is 13.8. The van der Waals surface area contributed by atoms with E-state index in [-0.39, 0.29) is 11.8 Å². The van der Waals surface area contributed by atoms with Crippen LogP contribution in [0, 0.1) is 6.92 Å². The molecule has 0 atom stereocenters. The van der Waals surface area contributed by atoms with Crippen LogP contribution in [0.25, 0.3) is 33.7 Å². The monoisotopic (exact) mass is 533 g/mol. The molecule has 0 saturated carbocycles. The van der Waals surface area contributed by atoms with Gasteiger partial charge in [-0.05, 0) is 37.6 Å². The molecule has 10 heteroatoms. The van der Waals surface area contributed by atoms with Gasteiger partial charge >= 0.3 is 5.97 Å². The molecule has 4 aromatic rings. The molecule has 0 aliphatic carbocycles. The molecule has 0 radical (unpaired) electrons. The summed E-state index contributed by atoms with van der Waals surface area (Å²) in [4.78, 5) is 34.2. The molecule has 0 bridgehead atoms. The van der Waals surface area contributed by atoms with Crippen LogP contribution in [-0.2, 0) is 29.2 Å². The van der Waals surface area contributed by atoms with E-state index in [0.717, 1.165) is 17.3 Å². The van der Waals surface area contributed by atoms with Crippen molar-refractivity contribution in [2.75, 3.05) is 12.3 Å². The van der Waals surface area contributed by atoms with E-state index >= 15 is 0 Å². The van der Waals surface area contributed by atoms with Gasteiger partial charge < -0.3 is 24.7 Å². The number of hydrogen-bond donors (Lipinski definition) is 2. The quantitative estimate of drug-likeness (QED) is 0.222. The Labute approximate surface area is 222 Å². The Morgan fingerprint density at radius 1 is 1.11 bits per heavy atom. The fourth-order valence-electron chi connectivity index (χ4n) is 4.38. The predicted octanol–water partition coefficient (Wildman–Crippen LogP) is 4.78. The lowest BCUT2D eigenvalue weighted by Crippen LogP contribution is -2.22. The predicted molar refractivity (Wildman–Crippen MR) is 153 cm³/mol. The minimum absolute atomic E-state index is 0.0429. The van der Waals surface area contributed by atoms with Gasteiger partial charge in [0, 0.05) is 33.0 Å². The molecule has 0 aliphatic rings. The number of imidazole rings is 1. The zero-order valence-corrected chi connectivity index (χ0v) is 23.6. The van der Waals surface area contributed by atoms with Gasteiger partial charge in [-0.2, -0.15) is 0 Å². The molecule has 0 aliphatic heterocycles. The number of carboxylic acids is 1. The molecule has 0 fully saturated rings. The first kappa shape index (κ1) is 27.3. The van der Waals surface area contributed by atoms with Crippen LogP contribution in [0.4, 0.5) is 5.82 Å². The summed E-state index contributed by atoms with van der Waals surface area (Å²) in [6.45, 7) is 12.2. The molecule has 0 unspecified atom stereocenters. The Balaban J connectivity index is 1.75. The van der Waals surface area contributed by atoms with Crippen molar-refractivity contribution in [2.45, 2.75) is 59.2 Å². The largest absolute Gasteiger partial charge is 0.481 e. The zero-order valence-electron chi connectivity index (χ0n) is 22.6. The minimum Gasteiger partial charge on any atom is -0.481 e. The van der Waals surface area contributed by atoms with E-state index in [9.17, 15) is 9.59 Å². The number of hydrogen-bond acceptors (Lipinski definition) is 6. The summed E-state index contributed by atoms with van der Waals surface area (Å²) in [7, 11) is -1.22. The third kappa shape index (κ3) is 5.86. The maximum atomic E-state index is 13.8. The normalized spacial score (nSPS) is 11.8. The lowest BCUT2D eigenvalue weighted by atomic mass is 10.1. The molecule has 4 rings (SSSR count). The van der Waals surface area contributed by atoms with E-state index in [1.807, 2.05) is 41.3 Å². The third-order valence-electron chi connectivity index (χ3n) is 6.42. The number of aliphatic carboxylic acids is 1. The van der Waals surface area contributed by atoms with Gasteiger partial charge in [0.1, 0.15) is 29.6 Å². The van der Waals surface area contributed by atoms with Crippen LogP contribution in [0.5, 0.6) is 0 Å². The van der Waals surface area contributed by atoms with Crippen LogP contribution in [-0.4, -0.2) is 44.9 Å². The van der Waals surface area contributed by atoms with Crippen molar-refractivity contribution in [1.82, 2.24) is 19.1 Å². The van der Waals surface area contributed by atoms with Gasteiger partial charge in [0.25, 0.3) is 0 Å². The van der Waals surface area contributed by atoms with E-state index in [0.29, 0.717) is 59.4 Å². The summed E-state index contributed by atoms with van der Waals surface area (Å²) in [6, 6.07) is 11.8. The number of rotatable bonds is 10. The molecule has 3 N–H and O–H groups in total. The van der Waals surface area contributed by atoms with Gasteiger partial charge in [0.2, 0.25) is 5.43 Å². The molecular weight excluding hydrogens is 498 g/mol. The summed E-state index contributed by atoms with van der Waals surface area (Å²) in [5, 5.41) is 9.47. The number of nitrogens with zero attached hydrogens (tertiary/aromatic N) is 4. The molecule has 200 valence electrons. The van der Waals surface area contributed by atoms with Gasteiger partial charge in [-0.25, -0.2) is 9.97 Å². The van der Waals surface area contributed by atoms with Crippen LogP contribution in [0.3, 0.4) is 0 Å². The molecule has 38 heavy (non-hydrogen) atoms. The Hall–Kier alpha value is -3.76. The average molecular weight is 534 g/mol. The first-order valence-corrected chi connectivity index (χ1v) is 16.4. The van der Waals surface area contributed by atoms with Crippen molar-refractivity contribution >= 4 is 30.9 Å². The number of nitrogen functional groups attached to an aromatic ring is 1. The van der Waals surface area contributed by atoms with Gasteiger partial charge in [-0.1, -0.05) is 43.9 Å². The summed E-state index contributed by atoms with van der Waals surface area (Å²) >= 11 is 0. The Kier molecular flexibility index (Phi) is 7.84. The number of benzene rings is 1. The molecule has 1 aromatic carbocycles. The number of anilines is 1. The highest BCUT2D eigenvalue weighted by Crippen LogP contribution is 2.28. The number of aromatic nitrogens is 4. The van der Waals surface area contributed by atoms with Gasteiger partial charge in [0.05, 0.1) is 23.2 Å². The van der Waals surface area contributed by atoms with E-state index in [4.69, 9.17) is 20.6 Å². The highest BCUT2D eigenvalue weighted by molar-refractivity contribution is 6.76. The topological polar surface area (TPSA) is 125 Å². The van der Waals surface area contributed by atoms with Crippen molar-refractivity contribution in [3.05, 3.63) is 64.1 Å². The molecule has 9 nitrogen and oxygen atoms in total. The lowest BCUT2D eigenvalue weighted by molar-refractivity contribution is -0.136. The summed E-state index contributed by atoms with van der Waals surface area (Å²) in [5.74, 6) is -0.0885. The van der Waals surface area contributed by atoms with E-state index in [2.05, 4.69) is 24.6 Å². The van der Waals surface area contributed by atoms with E-state index in [1.54, 1.807) is 24.3 Å². The second-order valence-corrected chi connectivity index (χ2v) is 16.3. The number of fused-ring (bicyclic) bond motifs is 1. The van der Waals surface area contributed by atoms with Gasteiger partial charge in [-0.15, -0.1) is 0 Å². The zero-order chi connectivity index (χ0) is 27.6. The van der Waals surface area contributed by atoms with Crippen LogP contribution < -0.4 is 11.2 Å². The van der Waals surface area contributed by atoms with Gasteiger partial charge in [0.15, 0.2) is 0 Å². The van der Waals surface area contributed by atoms with Crippen molar-refractivity contribution in [3.63, 3.8) is 0 Å². The standard InChI is InChI=1S/C28H35N5O4Si/c1-6-33-26(29)24(28-30-18(2)16-32(28)17-37-13-14-38(3,4)5)25(36)21-11-12-22(31-27(21)33)20-9-7-19(8-10-20)15-23(34)35/h7-12,16H,6,13-15,17,29H2,1-5H3,(H,34,35). The highest BCUT2D eigenvalue weighted by atomic mass is 28.3. The third-order valence-corrected chi connectivity index (χ3v) is 8.12. The summed E-state index contributed by atoms with van der Waals surface area (Å²) < 4.78 is 9.63. The number of nitrogens with two attached hydrogens (primary N) is 1. The van der Waals surface area contributed by atoms with Crippen LogP contribution >= 0.6 is 0 Å². The smallest absolute Gasteiger partial charge is 0.307 e. The van der Waals surface area contributed by atoms with E-state index < -0.39 is 14.0 Å². The molecular formula is C28H35N5O4Si. The second-order valence-electron chi connectivity index (χ2n) is 10.7. The summed E-state index contributed by atoms with van der Waals surface area (Å²) in [5.41, 5.74) is 10.2. The lowest BCUT2D eigenvalue weighted by Gasteiger charge is -2.18. The van der Waals surface area contributed by atoms with E-state index in [1.165, 1.54) is 0 Å². The fraction of sp³-hybridized carbons (Fsp3) is 0.357. The molecule has 0 amide bonds. The van der Waals surface area contributed by atoms with Crippen LogP contribution in [0.2, 0.25) is 25.7 Å².